The van der Waals surface area contributed by atoms with Crippen LogP contribution in [0.2, 0.25) is 0 Å². The van der Waals surface area contributed by atoms with E-state index < -0.39 is 0 Å². The Morgan fingerprint density at radius 2 is 2.00 bits per heavy atom. The van der Waals surface area contributed by atoms with Gasteiger partial charge in [-0.2, -0.15) is 0 Å². The lowest BCUT2D eigenvalue weighted by atomic mass is 9.63. The molecule has 3 aromatic rings. The molecule has 2 aromatic heterocycles. The number of carbonyl (C=O) groups excluding carboxylic acids is 1. The van der Waals surface area contributed by atoms with Crippen LogP contribution < -0.4 is 4.90 Å². The number of ketones is 1. The summed E-state index contributed by atoms with van der Waals surface area (Å²) in [6.45, 7) is 4.35. The summed E-state index contributed by atoms with van der Waals surface area (Å²) >= 11 is 5.02. The molecule has 1 saturated heterocycles. The number of Topliss-reactive ketones (excluding diaryl/α,β-unsaturated/α-hetero) is 1. The smallest absolute Gasteiger partial charge is 0.195 e. The predicted octanol–water partition coefficient (Wildman–Crippen LogP) is 5.27. The summed E-state index contributed by atoms with van der Waals surface area (Å²) in [5, 5.41) is 0. The summed E-state index contributed by atoms with van der Waals surface area (Å²) in [6, 6.07) is 8.77. The van der Waals surface area contributed by atoms with E-state index in [-0.39, 0.29) is 5.78 Å². The number of fused-ring (bicyclic) bond motifs is 1. The van der Waals surface area contributed by atoms with Gasteiger partial charge in [0, 0.05) is 36.8 Å². The second-order valence-corrected chi connectivity index (χ2v) is 10.4. The number of halogens is 1. The van der Waals surface area contributed by atoms with Crippen molar-refractivity contribution in [2.24, 2.45) is 5.41 Å². The van der Waals surface area contributed by atoms with Crippen LogP contribution in [0.5, 0.6) is 0 Å². The SMILES string of the molecule is Cc1nc2sc(Br)cn2c1C(=O)CCc1ccc(N2CC3(CCC3)C2)cc1. The molecule has 1 saturated carbocycles. The summed E-state index contributed by atoms with van der Waals surface area (Å²) in [4.78, 5) is 20.6. The zero-order valence-corrected chi connectivity index (χ0v) is 17.8. The van der Waals surface area contributed by atoms with Gasteiger partial charge in [0.05, 0.1) is 9.48 Å². The zero-order valence-electron chi connectivity index (χ0n) is 15.4. The minimum Gasteiger partial charge on any atom is -0.370 e. The molecule has 0 radical (unpaired) electrons. The fraction of sp³-hybridized carbons (Fsp3) is 0.429. The van der Waals surface area contributed by atoms with Gasteiger partial charge in [0.1, 0.15) is 5.69 Å². The normalized spacial score (nSPS) is 17.9. The van der Waals surface area contributed by atoms with Crippen molar-refractivity contribution in [2.45, 2.75) is 39.0 Å². The Balaban J connectivity index is 1.23. The summed E-state index contributed by atoms with van der Waals surface area (Å²) < 4.78 is 2.90. The van der Waals surface area contributed by atoms with Crippen LogP contribution >= 0.6 is 27.3 Å². The van der Waals surface area contributed by atoms with Crippen molar-refractivity contribution in [3.05, 3.63) is 51.2 Å². The molecule has 0 amide bonds. The van der Waals surface area contributed by atoms with Gasteiger partial charge in [0.2, 0.25) is 0 Å². The minimum absolute atomic E-state index is 0.157. The van der Waals surface area contributed by atoms with Crippen molar-refractivity contribution >= 4 is 43.7 Å². The van der Waals surface area contributed by atoms with Gasteiger partial charge in [-0.3, -0.25) is 9.20 Å². The second kappa shape index (κ2) is 6.45. The van der Waals surface area contributed by atoms with Gasteiger partial charge < -0.3 is 4.90 Å². The highest BCUT2D eigenvalue weighted by atomic mass is 79.9. The quantitative estimate of drug-likeness (QED) is 0.503. The maximum Gasteiger partial charge on any atom is 0.195 e. The van der Waals surface area contributed by atoms with Crippen molar-refractivity contribution in [1.29, 1.82) is 0 Å². The highest BCUT2D eigenvalue weighted by Gasteiger charge is 2.47. The molecule has 1 aliphatic carbocycles. The Morgan fingerprint density at radius 1 is 1.26 bits per heavy atom. The first-order valence-corrected chi connectivity index (χ1v) is 11.2. The number of hydrogen-bond donors (Lipinski definition) is 0. The summed E-state index contributed by atoms with van der Waals surface area (Å²) in [7, 11) is 0. The first kappa shape index (κ1) is 17.4. The molecule has 2 fully saturated rings. The topological polar surface area (TPSA) is 37.6 Å². The molecular weight excluding hydrogens is 422 g/mol. The fourth-order valence-corrected chi connectivity index (χ4v) is 5.85. The number of anilines is 1. The van der Waals surface area contributed by atoms with Gasteiger partial charge >= 0.3 is 0 Å². The van der Waals surface area contributed by atoms with E-state index in [4.69, 9.17) is 0 Å². The van der Waals surface area contributed by atoms with E-state index in [9.17, 15) is 4.79 Å². The average Bonchev–Trinajstić information content (AvgIpc) is 3.05. The first-order valence-electron chi connectivity index (χ1n) is 9.54. The number of aromatic nitrogens is 2. The third-order valence-corrected chi connectivity index (χ3v) is 7.61. The molecular formula is C21H22BrN3OS. The van der Waals surface area contributed by atoms with E-state index in [1.165, 1.54) is 43.6 Å². The van der Waals surface area contributed by atoms with Crippen molar-refractivity contribution in [3.8, 4) is 0 Å². The number of rotatable bonds is 5. The lowest BCUT2D eigenvalue weighted by molar-refractivity contribution is 0.0904. The maximum atomic E-state index is 12.8. The van der Waals surface area contributed by atoms with E-state index in [0.29, 0.717) is 11.8 Å². The Labute approximate surface area is 171 Å². The predicted molar refractivity (Wildman–Crippen MR) is 113 cm³/mol. The highest BCUT2D eigenvalue weighted by molar-refractivity contribution is 9.11. The number of imidazole rings is 1. The Morgan fingerprint density at radius 3 is 2.67 bits per heavy atom. The molecule has 4 nitrogen and oxygen atoms in total. The van der Waals surface area contributed by atoms with Gasteiger partial charge in [0.25, 0.3) is 0 Å². The standard InChI is InChI=1S/C21H22BrN3OS/c1-14-19(25-11-18(22)27-20(25)23-14)17(26)8-5-15-3-6-16(7-4-15)24-12-21(13-24)9-2-10-21/h3-4,6-7,11H,2,5,8-10,12-13H2,1H3. The Hall–Kier alpha value is -1.66. The van der Waals surface area contributed by atoms with Crippen LogP contribution in [0, 0.1) is 12.3 Å². The molecule has 1 aliphatic heterocycles. The highest BCUT2D eigenvalue weighted by Crippen LogP contribution is 2.49. The average molecular weight is 444 g/mol. The minimum atomic E-state index is 0.157. The lowest BCUT2D eigenvalue weighted by Crippen LogP contribution is -2.59. The fourth-order valence-electron chi connectivity index (χ4n) is 4.45. The second-order valence-electron chi connectivity index (χ2n) is 8.03. The van der Waals surface area contributed by atoms with E-state index in [1.807, 2.05) is 17.5 Å². The van der Waals surface area contributed by atoms with Crippen molar-refractivity contribution in [1.82, 2.24) is 9.38 Å². The monoisotopic (exact) mass is 443 g/mol. The van der Waals surface area contributed by atoms with E-state index in [0.717, 1.165) is 26.6 Å². The lowest BCUT2D eigenvalue weighted by Gasteiger charge is -2.57. The molecule has 3 heterocycles. The third kappa shape index (κ3) is 3.03. The van der Waals surface area contributed by atoms with Crippen LogP contribution in [-0.2, 0) is 6.42 Å². The van der Waals surface area contributed by atoms with Crippen LogP contribution in [-0.4, -0.2) is 28.3 Å². The number of nitrogens with zero attached hydrogens (tertiary/aromatic N) is 3. The van der Waals surface area contributed by atoms with E-state index in [2.05, 4.69) is 50.1 Å². The van der Waals surface area contributed by atoms with Gasteiger partial charge in [-0.1, -0.05) is 29.9 Å². The van der Waals surface area contributed by atoms with Crippen molar-refractivity contribution < 1.29 is 4.79 Å². The summed E-state index contributed by atoms with van der Waals surface area (Å²) in [5.41, 5.74) is 4.72. The van der Waals surface area contributed by atoms with Gasteiger partial charge in [-0.05, 0) is 59.8 Å². The maximum absolute atomic E-state index is 12.8. The van der Waals surface area contributed by atoms with Gasteiger partial charge in [-0.15, -0.1) is 0 Å². The molecule has 1 spiro atoms. The molecule has 0 N–H and O–H groups in total. The number of aryl methyl sites for hydroxylation is 2. The van der Waals surface area contributed by atoms with Crippen molar-refractivity contribution in [3.63, 3.8) is 0 Å². The third-order valence-electron chi connectivity index (χ3n) is 6.15. The molecule has 140 valence electrons. The molecule has 0 unspecified atom stereocenters. The van der Waals surface area contributed by atoms with Crippen LogP contribution in [0.1, 0.15) is 47.4 Å². The molecule has 0 atom stereocenters. The summed E-state index contributed by atoms with van der Waals surface area (Å²) in [5.74, 6) is 0.157. The van der Waals surface area contributed by atoms with Crippen LogP contribution in [0.4, 0.5) is 5.69 Å². The van der Waals surface area contributed by atoms with Crippen LogP contribution in [0.15, 0.2) is 34.2 Å². The molecule has 27 heavy (non-hydrogen) atoms. The van der Waals surface area contributed by atoms with Crippen molar-refractivity contribution in [2.75, 3.05) is 18.0 Å². The van der Waals surface area contributed by atoms with E-state index >= 15 is 0 Å². The molecule has 0 bridgehead atoms. The largest absolute Gasteiger partial charge is 0.370 e. The van der Waals surface area contributed by atoms with Gasteiger partial charge in [-0.25, -0.2) is 4.98 Å². The van der Waals surface area contributed by atoms with E-state index in [1.54, 1.807) is 11.3 Å². The molecule has 6 heteroatoms. The summed E-state index contributed by atoms with van der Waals surface area (Å²) in [6.07, 6.45) is 7.43. The number of hydrogen-bond acceptors (Lipinski definition) is 4. The zero-order chi connectivity index (χ0) is 18.6. The molecule has 1 aromatic carbocycles. The molecule has 2 aliphatic rings. The van der Waals surface area contributed by atoms with Crippen LogP contribution in [0.25, 0.3) is 4.96 Å². The first-order chi connectivity index (χ1) is 13.0. The van der Waals surface area contributed by atoms with Crippen LogP contribution in [0.3, 0.4) is 0 Å². The molecule has 5 rings (SSSR count). The Bertz CT molecular complexity index is 1010. The number of thiazole rings is 1. The number of carbonyl (C=O) groups is 1. The number of benzene rings is 1. The van der Waals surface area contributed by atoms with Gasteiger partial charge in [0.15, 0.2) is 10.7 Å². The Kier molecular flexibility index (Phi) is 4.17.